The molecule has 180 valence electrons. The van der Waals surface area contributed by atoms with Crippen LogP contribution in [0, 0.1) is 6.92 Å². The lowest BCUT2D eigenvalue weighted by molar-refractivity contribution is 0.466. The largest absolute Gasteiger partial charge is 0.508 e. The van der Waals surface area contributed by atoms with Gasteiger partial charge in [-0.15, -0.1) is 0 Å². The molecule has 1 aliphatic rings. The number of hydrogen-bond acceptors (Lipinski definition) is 4. The smallest absolute Gasteiger partial charge is 0.331 e. The van der Waals surface area contributed by atoms with Crippen molar-refractivity contribution >= 4 is 28.2 Å². The van der Waals surface area contributed by atoms with Crippen LogP contribution in [0.3, 0.4) is 0 Å². The Kier molecular flexibility index (Phi) is 4.88. The summed E-state index contributed by atoms with van der Waals surface area (Å²) in [7, 11) is 3.16. The molecule has 2 aromatic heterocycles. The zero-order chi connectivity index (χ0) is 25.3. The highest BCUT2D eigenvalue weighted by Gasteiger charge is 2.36. The number of phenols is 1. The maximum Gasteiger partial charge on any atom is 0.331 e. The van der Waals surface area contributed by atoms with Gasteiger partial charge in [-0.25, -0.2) is 4.79 Å². The van der Waals surface area contributed by atoms with Crippen LogP contribution >= 0.6 is 11.6 Å². The van der Waals surface area contributed by atoms with Crippen molar-refractivity contribution in [2.75, 3.05) is 5.32 Å². The number of halogens is 1. The second-order valence-electron chi connectivity index (χ2n) is 9.11. The van der Waals surface area contributed by atoms with Crippen molar-refractivity contribution in [2.24, 2.45) is 14.1 Å². The molecule has 0 aliphatic carbocycles. The highest BCUT2D eigenvalue weighted by molar-refractivity contribution is 6.30. The van der Waals surface area contributed by atoms with Gasteiger partial charge in [0.25, 0.3) is 5.56 Å². The quantitative estimate of drug-likeness (QED) is 0.363. The molecule has 0 spiro atoms. The number of hydrogen-bond donors (Lipinski definition) is 2. The predicted octanol–water partition coefficient (Wildman–Crippen LogP) is 4.88. The van der Waals surface area contributed by atoms with Crippen LogP contribution < -0.4 is 16.6 Å². The summed E-state index contributed by atoms with van der Waals surface area (Å²) >= 11 is 6.35. The molecular weight excluding hydrogens is 476 g/mol. The van der Waals surface area contributed by atoms with E-state index in [9.17, 15) is 14.7 Å². The number of nitrogens with zero attached hydrogens (tertiary/aromatic N) is 3. The van der Waals surface area contributed by atoms with Crippen molar-refractivity contribution in [2.45, 2.75) is 13.0 Å². The molecule has 0 amide bonds. The Labute approximate surface area is 211 Å². The van der Waals surface area contributed by atoms with Gasteiger partial charge < -0.3 is 15.0 Å². The van der Waals surface area contributed by atoms with Crippen molar-refractivity contribution in [3.63, 3.8) is 0 Å². The molecule has 36 heavy (non-hydrogen) atoms. The predicted molar refractivity (Wildman–Crippen MR) is 143 cm³/mol. The second-order valence-corrected chi connectivity index (χ2v) is 9.55. The Hall–Kier alpha value is -4.23. The first-order valence-electron chi connectivity index (χ1n) is 11.5. The number of phenolic OH excluding ortho intramolecular Hbond substituents is 1. The first kappa shape index (κ1) is 22.2. The van der Waals surface area contributed by atoms with Gasteiger partial charge >= 0.3 is 5.69 Å². The van der Waals surface area contributed by atoms with E-state index in [1.807, 2.05) is 60.0 Å². The number of benzene rings is 3. The number of aromatic nitrogens is 3. The van der Waals surface area contributed by atoms with E-state index in [1.165, 1.54) is 11.6 Å². The van der Waals surface area contributed by atoms with Crippen molar-refractivity contribution in [1.29, 1.82) is 0 Å². The van der Waals surface area contributed by atoms with Gasteiger partial charge in [-0.1, -0.05) is 48.0 Å². The number of rotatable bonds is 2. The molecule has 5 aromatic rings. The molecular formula is C28H23ClN4O3. The molecule has 2 N–H and O–H groups in total. The maximum atomic E-state index is 13.7. The van der Waals surface area contributed by atoms with Gasteiger partial charge in [0.1, 0.15) is 5.75 Å². The van der Waals surface area contributed by atoms with E-state index in [2.05, 4.69) is 5.32 Å². The van der Waals surface area contributed by atoms with Gasteiger partial charge in [-0.05, 0) is 42.8 Å². The number of anilines is 1. The van der Waals surface area contributed by atoms with E-state index in [0.717, 1.165) is 27.1 Å². The first-order chi connectivity index (χ1) is 17.3. The number of para-hydroxylation sites is 2. The van der Waals surface area contributed by atoms with E-state index >= 15 is 0 Å². The zero-order valence-corrected chi connectivity index (χ0v) is 20.7. The third kappa shape index (κ3) is 2.99. The third-order valence-electron chi connectivity index (χ3n) is 7.03. The fraction of sp³-hybridized carbons (Fsp3) is 0.143. The van der Waals surface area contributed by atoms with Crippen molar-refractivity contribution in [1.82, 2.24) is 13.7 Å². The fourth-order valence-electron chi connectivity index (χ4n) is 5.30. The van der Waals surface area contributed by atoms with Gasteiger partial charge in [-0.2, -0.15) is 0 Å². The summed E-state index contributed by atoms with van der Waals surface area (Å²) in [5, 5.41) is 15.3. The van der Waals surface area contributed by atoms with E-state index in [-0.39, 0.29) is 11.3 Å². The van der Waals surface area contributed by atoms with Gasteiger partial charge in [0.05, 0.1) is 39.7 Å². The van der Waals surface area contributed by atoms with Gasteiger partial charge in [0, 0.05) is 30.2 Å². The number of nitrogens with one attached hydrogen (secondary N) is 1. The molecule has 3 heterocycles. The minimum atomic E-state index is -0.587. The number of fused-ring (bicyclic) bond motifs is 5. The monoisotopic (exact) mass is 498 g/mol. The van der Waals surface area contributed by atoms with E-state index in [0.29, 0.717) is 32.9 Å². The Morgan fingerprint density at radius 3 is 2.44 bits per heavy atom. The molecule has 0 unspecified atom stereocenters. The highest BCUT2D eigenvalue weighted by Crippen LogP contribution is 2.47. The van der Waals surface area contributed by atoms with Crippen LogP contribution in [0.25, 0.3) is 27.8 Å². The molecule has 0 saturated heterocycles. The average Bonchev–Trinajstić information content (AvgIpc) is 3.24. The van der Waals surface area contributed by atoms with Crippen molar-refractivity contribution in [3.05, 3.63) is 109 Å². The topological polar surface area (TPSA) is 81.2 Å². The summed E-state index contributed by atoms with van der Waals surface area (Å²) in [6.07, 6.45) is 0. The van der Waals surface area contributed by atoms with Crippen LogP contribution in [-0.2, 0) is 14.1 Å². The number of aryl methyl sites for hydroxylation is 2. The molecule has 0 fully saturated rings. The van der Waals surface area contributed by atoms with Crippen molar-refractivity contribution in [3.8, 4) is 22.7 Å². The minimum Gasteiger partial charge on any atom is -0.508 e. The van der Waals surface area contributed by atoms with Crippen LogP contribution in [0.5, 0.6) is 5.75 Å². The van der Waals surface area contributed by atoms with E-state index in [4.69, 9.17) is 11.6 Å². The molecule has 1 atom stereocenters. The van der Waals surface area contributed by atoms with Gasteiger partial charge in [0.15, 0.2) is 0 Å². The SMILES string of the molecule is Cc1ccccc1-c1c2c(=O)n(C)c(=O)n(C)c2c2n1-c1ccccc1N[C@H]2c1cc(Cl)ccc1O. The highest BCUT2D eigenvalue weighted by atomic mass is 35.5. The lowest BCUT2D eigenvalue weighted by Gasteiger charge is -2.31. The average molecular weight is 499 g/mol. The molecule has 0 saturated carbocycles. The Bertz CT molecular complexity index is 1830. The normalized spacial score (nSPS) is 14.4. The lowest BCUT2D eigenvalue weighted by atomic mass is 9.98. The summed E-state index contributed by atoms with van der Waals surface area (Å²) in [4.78, 5) is 26.9. The van der Waals surface area contributed by atoms with Crippen LogP contribution in [0.15, 0.2) is 76.3 Å². The molecule has 3 aromatic carbocycles. The molecule has 0 radical (unpaired) electrons. The molecule has 1 aliphatic heterocycles. The fourth-order valence-corrected chi connectivity index (χ4v) is 5.48. The maximum absolute atomic E-state index is 13.7. The Balaban J connectivity index is 1.90. The summed E-state index contributed by atoms with van der Waals surface area (Å²) in [6.45, 7) is 2.00. The van der Waals surface area contributed by atoms with Crippen molar-refractivity contribution < 1.29 is 5.11 Å². The van der Waals surface area contributed by atoms with E-state index in [1.54, 1.807) is 25.2 Å². The first-order valence-corrected chi connectivity index (χ1v) is 11.9. The van der Waals surface area contributed by atoms with Crippen LogP contribution in [0.2, 0.25) is 5.02 Å². The molecule has 7 nitrogen and oxygen atoms in total. The summed E-state index contributed by atoms with van der Waals surface area (Å²) in [5.74, 6) is 0.0588. The Morgan fingerprint density at radius 2 is 1.67 bits per heavy atom. The lowest BCUT2D eigenvalue weighted by Crippen LogP contribution is -2.37. The summed E-state index contributed by atoms with van der Waals surface area (Å²) in [6, 6.07) is 20.0. The van der Waals surface area contributed by atoms with E-state index < -0.39 is 11.7 Å². The molecule has 0 bridgehead atoms. The van der Waals surface area contributed by atoms with Gasteiger partial charge in [0.2, 0.25) is 0 Å². The van der Waals surface area contributed by atoms with Crippen LogP contribution in [0.1, 0.15) is 22.9 Å². The molecule has 6 rings (SSSR count). The summed E-state index contributed by atoms with van der Waals surface area (Å²) < 4.78 is 4.69. The standard InChI is InChI=1S/C28H23ClN4O3/c1-15-8-4-5-9-17(15)24-22-25(31(2)28(36)32(3)27(22)35)26-23(18-14-16(29)12-13-21(18)34)30-19-10-6-7-11-20(19)33(24)26/h4-14,23,30,34H,1-3H3/t23-/m0/s1. The van der Waals surface area contributed by atoms with Crippen LogP contribution in [0.4, 0.5) is 5.69 Å². The summed E-state index contributed by atoms with van der Waals surface area (Å²) in [5.41, 5.74) is 5.18. The third-order valence-corrected chi connectivity index (χ3v) is 7.26. The minimum absolute atomic E-state index is 0.0588. The van der Waals surface area contributed by atoms with Gasteiger partial charge in [-0.3, -0.25) is 13.9 Å². The second kappa shape index (κ2) is 7.90. The van der Waals surface area contributed by atoms with Crippen LogP contribution in [-0.4, -0.2) is 18.8 Å². The number of aromatic hydroxyl groups is 1. The zero-order valence-electron chi connectivity index (χ0n) is 19.9. The molecule has 8 heteroatoms. The Morgan fingerprint density at radius 1 is 0.944 bits per heavy atom.